The molecule has 0 amide bonds. The molecule has 0 saturated heterocycles. The highest BCUT2D eigenvalue weighted by Gasteiger charge is 2.26. The van der Waals surface area contributed by atoms with Crippen LogP contribution >= 0.6 is 0 Å². The Morgan fingerprint density at radius 2 is 1.41 bits per heavy atom. The number of hydrogen-bond donors (Lipinski definition) is 0. The lowest BCUT2D eigenvalue weighted by Gasteiger charge is -2.13. The second-order valence-corrected chi connectivity index (χ2v) is 9.83. The minimum Gasteiger partial charge on any atom is -1.00 e. The van der Waals surface area contributed by atoms with Crippen LogP contribution < -0.4 is 45.6 Å². The maximum Gasteiger partial charge on any atom is 0.315 e. The van der Waals surface area contributed by atoms with Crippen LogP contribution in [-0.2, 0) is 6.54 Å². The van der Waals surface area contributed by atoms with E-state index in [-0.39, 0.29) is 29.3 Å². The van der Waals surface area contributed by atoms with E-state index < -0.39 is 0 Å². The first kappa shape index (κ1) is 35.4. The molecule has 0 aliphatic carbocycles. The Labute approximate surface area is 270 Å². The molecule has 0 bridgehead atoms. The van der Waals surface area contributed by atoms with Crippen molar-refractivity contribution in [2.45, 2.75) is 13.5 Å². The van der Waals surface area contributed by atoms with Crippen molar-refractivity contribution >= 4 is 23.4 Å². The molecule has 44 heavy (non-hydrogen) atoms. The number of halogens is 1. The maximum atomic E-state index is 13.3. The van der Waals surface area contributed by atoms with Gasteiger partial charge in [0.1, 0.15) is 6.20 Å². The smallest absolute Gasteiger partial charge is 0.315 e. The molecule has 0 atom stereocenters. The molecule has 0 aliphatic heterocycles. The zero-order chi connectivity index (χ0) is 31.5. The number of ketones is 1. The van der Waals surface area contributed by atoms with Crippen molar-refractivity contribution in [2.75, 3.05) is 59.3 Å². The van der Waals surface area contributed by atoms with Crippen LogP contribution in [0.25, 0.3) is 11.4 Å². The van der Waals surface area contributed by atoms with Crippen molar-refractivity contribution in [2.24, 2.45) is 5.10 Å². The minimum atomic E-state index is -0.0231. The summed E-state index contributed by atoms with van der Waals surface area (Å²) in [4.78, 5) is 17.4. The van der Waals surface area contributed by atoms with Crippen LogP contribution in [0.1, 0.15) is 22.8 Å². The summed E-state index contributed by atoms with van der Waals surface area (Å²) in [7, 11) is 12.7. The zero-order valence-electron chi connectivity index (χ0n) is 26.4. The molecule has 4 rings (SSSR count). The quantitative estimate of drug-likeness (QED) is 0.138. The van der Waals surface area contributed by atoms with E-state index in [4.69, 9.17) is 24.6 Å². The summed E-state index contributed by atoms with van der Waals surface area (Å²) in [6.07, 6.45) is 5.45. The van der Waals surface area contributed by atoms with E-state index in [2.05, 4.69) is 0 Å². The van der Waals surface area contributed by atoms with E-state index in [1.807, 2.05) is 116 Å². The molecule has 0 aliphatic rings. The summed E-state index contributed by atoms with van der Waals surface area (Å²) in [5, 5.41) is 12.1. The van der Waals surface area contributed by atoms with Gasteiger partial charge in [0.15, 0.2) is 24.2 Å². The second kappa shape index (κ2) is 16.7. The Kier molecular flexibility index (Phi) is 13.4. The van der Waals surface area contributed by atoms with Gasteiger partial charge in [-0.1, -0.05) is 17.2 Å². The van der Waals surface area contributed by atoms with Crippen molar-refractivity contribution in [3.8, 4) is 34.7 Å². The van der Waals surface area contributed by atoms with Crippen molar-refractivity contribution in [3.63, 3.8) is 0 Å². The third-order valence-corrected chi connectivity index (χ3v) is 6.56. The van der Waals surface area contributed by atoms with Crippen LogP contribution in [0.4, 0.5) is 11.4 Å². The Morgan fingerprint density at radius 3 is 1.86 bits per heavy atom. The second-order valence-electron chi connectivity index (χ2n) is 9.83. The van der Waals surface area contributed by atoms with Gasteiger partial charge >= 0.3 is 5.82 Å². The molecule has 10 nitrogen and oxygen atoms in total. The number of nitriles is 1. The van der Waals surface area contributed by atoms with Crippen molar-refractivity contribution < 1.29 is 40.6 Å². The SMILES string of the molecule is CC#N.COc1cc(-c2n(/N=C/c3ccc(N(C)C)cc3)cc[n+]2CC(=O)c2ccc(N(C)C)cc2)cc(OC)c1OC.[Br-]. The lowest BCUT2D eigenvalue weighted by Crippen LogP contribution is -3.00. The number of aromatic nitrogens is 2. The van der Waals surface area contributed by atoms with Crippen molar-refractivity contribution in [1.29, 1.82) is 5.26 Å². The summed E-state index contributed by atoms with van der Waals surface area (Å²) < 4.78 is 20.3. The average Bonchev–Trinajstić information content (AvgIpc) is 3.41. The summed E-state index contributed by atoms with van der Waals surface area (Å²) in [6.45, 7) is 1.55. The number of nitrogens with zero attached hydrogens (tertiary/aromatic N) is 6. The van der Waals surface area contributed by atoms with Gasteiger partial charge in [-0.2, -0.15) is 5.26 Å². The monoisotopic (exact) mass is 662 g/mol. The molecule has 0 spiro atoms. The number of Topliss-reactive ketones (excluding diaryl/α,β-unsaturated/α-hetero) is 1. The molecule has 4 aromatic rings. The molecule has 0 radical (unpaired) electrons. The van der Waals surface area contributed by atoms with Crippen molar-refractivity contribution in [1.82, 2.24) is 4.68 Å². The lowest BCUT2D eigenvalue weighted by atomic mass is 10.1. The molecular weight excluding hydrogens is 624 g/mol. The highest BCUT2D eigenvalue weighted by atomic mass is 79.9. The number of imidazole rings is 1. The van der Waals surface area contributed by atoms with E-state index in [0.29, 0.717) is 28.6 Å². The third kappa shape index (κ3) is 8.61. The summed E-state index contributed by atoms with van der Waals surface area (Å²) in [5.74, 6) is 2.15. The first-order valence-corrected chi connectivity index (χ1v) is 13.5. The number of methoxy groups -OCH3 is 3. The van der Waals surface area contributed by atoms with Crippen LogP contribution in [0.2, 0.25) is 0 Å². The summed E-state index contributed by atoms with van der Waals surface area (Å²) >= 11 is 0. The predicted octanol–water partition coefficient (Wildman–Crippen LogP) is 1.90. The van der Waals surface area contributed by atoms with Gasteiger partial charge in [-0.3, -0.25) is 4.79 Å². The van der Waals surface area contributed by atoms with Gasteiger partial charge in [0.2, 0.25) is 11.5 Å². The van der Waals surface area contributed by atoms with Crippen molar-refractivity contribution in [3.05, 3.63) is 84.2 Å². The van der Waals surface area contributed by atoms with Gasteiger partial charge in [0.05, 0.1) is 39.2 Å². The van der Waals surface area contributed by atoms with E-state index in [1.165, 1.54) is 6.92 Å². The lowest BCUT2D eigenvalue weighted by molar-refractivity contribution is -0.671. The molecule has 0 saturated carbocycles. The first-order valence-electron chi connectivity index (χ1n) is 13.5. The topological polar surface area (TPSA) is 96.2 Å². The minimum absolute atomic E-state index is 0. The van der Waals surface area contributed by atoms with E-state index >= 15 is 0 Å². The Morgan fingerprint density at radius 1 is 0.909 bits per heavy atom. The fourth-order valence-corrected chi connectivity index (χ4v) is 4.32. The molecule has 11 heteroatoms. The number of carbonyl (C=O) groups is 1. The van der Waals surface area contributed by atoms with Crippen LogP contribution in [0.3, 0.4) is 0 Å². The van der Waals surface area contributed by atoms with Gasteiger partial charge in [0, 0.05) is 52.1 Å². The number of rotatable bonds is 11. The van der Waals surface area contributed by atoms with Crippen LogP contribution in [0.5, 0.6) is 17.2 Å². The molecule has 0 N–H and O–H groups in total. The van der Waals surface area contributed by atoms with Crippen LogP contribution in [0.15, 0.2) is 78.2 Å². The molecular formula is C33H39BrN6O4. The van der Waals surface area contributed by atoms with Crippen LogP contribution in [-0.4, -0.2) is 66.2 Å². The highest BCUT2D eigenvalue weighted by Crippen LogP contribution is 2.40. The first-order chi connectivity index (χ1) is 20.7. The van der Waals surface area contributed by atoms with Gasteiger partial charge < -0.3 is 41.0 Å². The fraction of sp³-hybridized carbons (Fsp3) is 0.273. The molecule has 3 aromatic carbocycles. The van der Waals surface area contributed by atoms with Gasteiger partial charge in [-0.25, -0.2) is 4.57 Å². The van der Waals surface area contributed by atoms with Gasteiger partial charge in [-0.05, 0) is 54.1 Å². The molecule has 0 fully saturated rings. The Hall–Kier alpha value is -4.82. The molecule has 1 aromatic heterocycles. The normalized spacial score (nSPS) is 10.2. The summed E-state index contributed by atoms with van der Waals surface area (Å²) in [6, 6.07) is 21.1. The molecule has 0 unspecified atom stereocenters. The number of carbonyl (C=O) groups excluding carboxylic acids is 1. The Bertz CT molecular complexity index is 1570. The number of anilines is 2. The molecule has 232 valence electrons. The molecule has 1 heterocycles. The van der Waals surface area contributed by atoms with Gasteiger partial charge in [-0.15, -0.1) is 4.68 Å². The third-order valence-electron chi connectivity index (χ3n) is 6.56. The van der Waals surface area contributed by atoms with E-state index in [1.54, 1.807) is 38.3 Å². The van der Waals surface area contributed by atoms with E-state index in [9.17, 15) is 4.79 Å². The Balaban J connectivity index is 0.00000162. The highest BCUT2D eigenvalue weighted by molar-refractivity contribution is 5.95. The maximum absolute atomic E-state index is 13.3. The summed E-state index contributed by atoms with van der Waals surface area (Å²) in [5.41, 5.74) is 4.45. The van der Waals surface area contributed by atoms with Gasteiger partial charge in [0.25, 0.3) is 0 Å². The largest absolute Gasteiger partial charge is 1.00 e. The number of ether oxygens (including phenoxy) is 3. The fourth-order valence-electron chi connectivity index (χ4n) is 4.32. The van der Waals surface area contributed by atoms with E-state index in [0.717, 1.165) is 22.5 Å². The number of hydrogen-bond acceptors (Lipinski definition) is 8. The van der Waals surface area contributed by atoms with Crippen LogP contribution in [0, 0.1) is 11.3 Å². The predicted molar refractivity (Wildman–Crippen MR) is 170 cm³/mol. The average molecular weight is 664 g/mol. The standard InChI is InChI=1S/C31H36N5O4.C2H3N.BrH/c1-33(2)25-12-8-22(9-13-25)20-32-36-17-16-35(21-27(37)23-10-14-26(15-11-23)34(3)4)31(36)24-18-28(38-5)30(40-7)29(19-24)39-6;1-2-3;/h8-20H,21H2,1-7H3;1H3;1H/q+1;;/p-1/b32-20+;;. The zero-order valence-corrected chi connectivity index (χ0v) is 28.0. The number of benzene rings is 3.